The highest BCUT2D eigenvalue weighted by Crippen LogP contribution is 2.40. The fourth-order valence-electron chi connectivity index (χ4n) is 4.32. The fraction of sp³-hybridized carbons (Fsp3) is 0.522. The molecule has 0 spiro atoms. The van der Waals surface area contributed by atoms with E-state index >= 15 is 0 Å². The van der Waals surface area contributed by atoms with Crippen molar-refractivity contribution in [1.82, 2.24) is 4.98 Å². The molecule has 3 unspecified atom stereocenters. The van der Waals surface area contributed by atoms with Crippen LogP contribution in [0.15, 0.2) is 36.5 Å². The van der Waals surface area contributed by atoms with Gasteiger partial charge < -0.3 is 19.6 Å². The van der Waals surface area contributed by atoms with E-state index in [-0.39, 0.29) is 18.8 Å². The third-order valence-corrected chi connectivity index (χ3v) is 6.03. The van der Waals surface area contributed by atoms with Gasteiger partial charge in [-0.05, 0) is 54.7 Å². The van der Waals surface area contributed by atoms with E-state index in [2.05, 4.69) is 16.6 Å². The zero-order chi connectivity index (χ0) is 22.4. The summed E-state index contributed by atoms with van der Waals surface area (Å²) in [4.78, 5) is 14.1. The minimum absolute atomic E-state index is 0.232. The van der Waals surface area contributed by atoms with E-state index in [1.807, 2.05) is 6.07 Å². The minimum Gasteiger partial charge on any atom is -0.487 e. The Labute approximate surface area is 179 Å². The predicted molar refractivity (Wildman–Crippen MR) is 109 cm³/mol. The number of hydrogen-bond donors (Lipinski definition) is 2. The summed E-state index contributed by atoms with van der Waals surface area (Å²) in [5, 5.41) is 8.92. The molecule has 1 heterocycles. The lowest BCUT2D eigenvalue weighted by Gasteiger charge is -2.32. The summed E-state index contributed by atoms with van der Waals surface area (Å²) in [6.45, 7) is 2.41. The first-order valence-electron chi connectivity index (χ1n) is 10.6. The number of aromatic amines is 1. The van der Waals surface area contributed by atoms with Crippen LogP contribution in [0.2, 0.25) is 0 Å². The molecule has 1 saturated carbocycles. The Morgan fingerprint density at radius 2 is 1.97 bits per heavy atom. The Bertz CT molecular complexity index is 847. The third-order valence-electron chi connectivity index (χ3n) is 6.03. The number of carbonyl (C=O) groups is 1. The molecule has 0 saturated heterocycles. The van der Waals surface area contributed by atoms with Crippen LogP contribution in [-0.4, -0.2) is 22.4 Å². The van der Waals surface area contributed by atoms with E-state index in [4.69, 9.17) is 9.84 Å². The monoisotopic (exact) mass is 439 g/mol. The highest BCUT2D eigenvalue weighted by Gasteiger charge is 2.31. The summed E-state index contributed by atoms with van der Waals surface area (Å²) in [6.07, 6.45) is 2.45. The Kier molecular flexibility index (Phi) is 7.51. The Morgan fingerprint density at radius 1 is 1.23 bits per heavy atom. The van der Waals surface area contributed by atoms with E-state index in [9.17, 15) is 18.0 Å². The quantitative estimate of drug-likeness (QED) is 0.483. The molecule has 2 aromatic rings. The first-order chi connectivity index (χ1) is 14.7. The van der Waals surface area contributed by atoms with Gasteiger partial charge in [-0.15, -0.1) is 13.2 Å². The van der Waals surface area contributed by atoms with E-state index in [1.165, 1.54) is 24.3 Å². The molecule has 5 nitrogen and oxygen atoms in total. The van der Waals surface area contributed by atoms with Crippen LogP contribution in [0, 0.1) is 11.8 Å². The molecule has 0 bridgehead atoms. The van der Waals surface area contributed by atoms with Gasteiger partial charge in [0.2, 0.25) is 0 Å². The fourth-order valence-corrected chi connectivity index (χ4v) is 4.32. The zero-order valence-electron chi connectivity index (χ0n) is 17.5. The van der Waals surface area contributed by atoms with Crippen LogP contribution in [0.25, 0.3) is 0 Å². The molecule has 170 valence electrons. The van der Waals surface area contributed by atoms with Gasteiger partial charge in [0.05, 0.1) is 0 Å². The van der Waals surface area contributed by atoms with Gasteiger partial charge in [0.25, 0.3) is 0 Å². The van der Waals surface area contributed by atoms with E-state index < -0.39 is 12.3 Å². The van der Waals surface area contributed by atoms with Gasteiger partial charge in [0.1, 0.15) is 18.1 Å². The first kappa shape index (κ1) is 23.0. The summed E-state index contributed by atoms with van der Waals surface area (Å²) in [6, 6.07) is 7.57. The number of carboxylic acids is 1. The van der Waals surface area contributed by atoms with Gasteiger partial charge in [0.15, 0.2) is 0 Å². The molecule has 3 atom stereocenters. The zero-order valence-corrected chi connectivity index (χ0v) is 17.5. The van der Waals surface area contributed by atoms with Crippen molar-refractivity contribution in [2.24, 2.45) is 11.8 Å². The number of halogens is 3. The van der Waals surface area contributed by atoms with Gasteiger partial charge >= 0.3 is 12.3 Å². The van der Waals surface area contributed by atoms with Gasteiger partial charge in [0, 0.05) is 24.4 Å². The van der Waals surface area contributed by atoms with Crippen molar-refractivity contribution in [1.29, 1.82) is 0 Å². The van der Waals surface area contributed by atoms with Crippen LogP contribution in [0.1, 0.15) is 62.6 Å². The van der Waals surface area contributed by atoms with Crippen LogP contribution in [-0.2, 0) is 11.4 Å². The molecule has 0 amide bonds. The number of alkyl halides is 3. The topological polar surface area (TPSA) is 71.5 Å². The van der Waals surface area contributed by atoms with E-state index in [0.717, 1.165) is 43.4 Å². The summed E-state index contributed by atoms with van der Waals surface area (Å²) < 4.78 is 46.3. The molecule has 1 fully saturated rings. The second kappa shape index (κ2) is 10.1. The number of hydrogen-bond acceptors (Lipinski definition) is 3. The summed E-state index contributed by atoms with van der Waals surface area (Å²) in [5.74, 6) is 0.957. The molecule has 2 N–H and O–H groups in total. The average Bonchev–Trinajstić information content (AvgIpc) is 3.19. The van der Waals surface area contributed by atoms with Crippen molar-refractivity contribution in [2.45, 2.75) is 64.3 Å². The molecular formula is C23H28F3NO4. The first-order valence-corrected chi connectivity index (χ1v) is 10.6. The molecule has 1 aliphatic carbocycles. The van der Waals surface area contributed by atoms with Crippen molar-refractivity contribution in [3.05, 3.63) is 47.8 Å². The van der Waals surface area contributed by atoms with Gasteiger partial charge in [-0.1, -0.05) is 31.9 Å². The van der Waals surface area contributed by atoms with Gasteiger partial charge in [-0.2, -0.15) is 0 Å². The summed E-state index contributed by atoms with van der Waals surface area (Å²) in [7, 11) is 0. The van der Waals surface area contributed by atoms with Crippen molar-refractivity contribution in [3.8, 4) is 11.5 Å². The van der Waals surface area contributed by atoms with Crippen LogP contribution in [0.4, 0.5) is 13.2 Å². The Morgan fingerprint density at radius 3 is 2.65 bits per heavy atom. The number of aliphatic carboxylic acids is 1. The Balaban J connectivity index is 1.51. The minimum atomic E-state index is -4.70. The molecule has 31 heavy (non-hydrogen) atoms. The molecule has 1 aromatic heterocycles. The molecular weight excluding hydrogens is 411 g/mol. The van der Waals surface area contributed by atoms with Crippen LogP contribution < -0.4 is 9.47 Å². The number of ether oxygens (including phenoxy) is 2. The maximum atomic E-state index is 12.2. The third kappa shape index (κ3) is 7.22. The number of H-pyrrole nitrogens is 1. The van der Waals surface area contributed by atoms with Crippen molar-refractivity contribution < 1.29 is 32.5 Å². The molecule has 1 aromatic carbocycles. The lowest BCUT2D eigenvalue weighted by molar-refractivity contribution is -0.274. The summed E-state index contributed by atoms with van der Waals surface area (Å²) >= 11 is 0. The number of carboxylic acid groups (broad SMARTS) is 1. The number of aromatic nitrogens is 1. The number of nitrogens with one attached hydrogen (secondary N) is 1. The van der Waals surface area contributed by atoms with Gasteiger partial charge in [-0.3, -0.25) is 4.79 Å². The van der Waals surface area contributed by atoms with E-state index in [0.29, 0.717) is 23.5 Å². The predicted octanol–water partition coefficient (Wildman–Crippen LogP) is 6.27. The molecule has 1 aliphatic rings. The van der Waals surface area contributed by atoms with E-state index in [1.54, 1.807) is 6.20 Å². The average molecular weight is 439 g/mol. The second-order valence-electron chi connectivity index (χ2n) is 8.28. The normalized spacial score (nSPS) is 20.3. The molecule has 0 radical (unpaired) electrons. The van der Waals surface area contributed by atoms with Gasteiger partial charge in [-0.25, -0.2) is 0 Å². The number of benzene rings is 1. The van der Waals surface area contributed by atoms with Crippen LogP contribution in [0.3, 0.4) is 0 Å². The van der Waals surface area contributed by atoms with Crippen molar-refractivity contribution >= 4 is 5.97 Å². The summed E-state index contributed by atoms with van der Waals surface area (Å²) in [5.41, 5.74) is 1.81. The molecule has 8 heteroatoms. The lowest BCUT2D eigenvalue weighted by Crippen LogP contribution is -2.21. The maximum Gasteiger partial charge on any atom is 0.573 e. The highest BCUT2D eigenvalue weighted by molar-refractivity contribution is 5.66. The maximum absolute atomic E-state index is 12.2. The molecule has 0 aliphatic heterocycles. The second-order valence-corrected chi connectivity index (χ2v) is 8.28. The smallest absolute Gasteiger partial charge is 0.487 e. The standard InChI is InChI=1S/C23H28F3NO4/c1-15(18-4-2-3-16(11-18)7-10-22(28)29)21-12-20(13-27-21)30-14-17-5-8-19(9-6-17)31-23(24,25)26/h5-6,8-9,12-13,15-16,18,27H,2-4,7,10-11,14H2,1H3,(H,28,29). The van der Waals surface area contributed by atoms with Crippen LogP contribution in [0.5, 0.6) is 11.5 Å². The Hall–Kier alpha value is -2.64. The largest absolute Gasteiger partial charge is 0.573 e. The van der Waals surface area contributed by atoms with Crippen molar-refractivity contribution in [2.75, 3.05) is 0 Å². The lowest BCUT2D eigenvalue weighted by atomic mass is 9.73. The molecule has 3 rings (SSSR count). The van der Waals surface area contributed by atoms with Crippen LogP contribution >= 0.6 is 0 Å². The highest BCUT2D eigenvalue weighted by atomic mass is 19.4. The SMILES string of the molecule is CC(c1cc(OCc2ccc(OC(F)(F)F)cc2)c[nH]1)C1CCCC(CCC(=O)O)C1. The van der Waals surface area contributed by atoms with Crippen molar-refractivity contribution in [3.63, 3.8) is 0 Å². The number of rotatable bonds is 9.